The standard InChI is InChI=1S/C28H37N3O6S/c1-17-25(38-16-29-17)19-10-8-18(9-11-19)6-5-7-22(33)21-14-20(32)15-31(21)27(37)26(28(2,3)4)30-23(34)12-13-24(35)36/h8-11,16,20-21,26,32H,5-7,12-15H2,1-4H3,(H,30,34)(H,35,36)/t20-,21+,26-/m1/s1. The van der Waals surface area contributed by atoms with E-state index in [-0.39, 0.29) is 38.0 Å². The number of ketones is 1. The van der Waals surface area contributed by atoms with Crippen LogP contribution in [0, 0.1) is 12.3 Å². The van der Waals surface area contributed by atoms with Crippen molar-refractivity contribution in [1.29, 1.82) is 0 Å². The monoisotopic (exact) mass is 543 g/mol. The Balaban J connectivity index is 1.60. The summed E-state index contributed by atoms with van der Waals surface area (Å²) in [7, 11) is 0. The highest BCUT2D eigenvalue weighted by Crippen LogP contribution is 2.29. The van der Waals surface area contributed by atoms with E-state index in [4.69, 9.17) is 5.11 Å². The third-order valence-corrected chi connectivity index (χ3v) is 7.75. The number of thiazole rings is 1. The van der Waals surface area contributed by atoms with E-state index in [2.05, 4.69) is 34.6 Å². The van der Waals surface area contributed by atoms with Crippen LogP contribution in [0.15, 0.2) is 29.8 Å². The molecular weight excluding hydrogens is 506 g/mol. The number of nitrogens with zero attached hydrogens (tertiary/aromatic N) is 2. The van der Waals surface area contributed by atoms with Gasteiger partial charge in [-0.25, -0.2) is 4.98 Å². The second-order valence-electron chi connectivity index (χ2n) is 10.9. The van der Waals surface area contributed by atoms with Gasteiger partial charge in [-0.1, -0.05) is 45.0 Å². The lowest BCUT2D eigenvalue weighted by Gasteiger charge is -2.35. The summed E-state index contributed by atoms with van der Waals surface area (Å²) in [4.78, 5) is 56.6. The fourth-order valence-corrected chi connectivity index (χ4v) is 5.48. The molecule has 9 nitrogen and oxygen atoms in total. The van der Waals surface area contributed by atoms with Crippen LogP contribution < -0.4 is 5.32 Å². The van der Waals surface area contributed by atoms with Gasteiger partial charge in [0.05, 0.1) is 34.6 Å². The average molecular weight is 544 g/mol. The van der Waals surface area contributed by atoms with Gasteiger partial charge in [-0.05, 0) is 36.3 Å². The summed E-state index contributed by atoms with van der Waals surface area (Å²) in [5, 5.41) is 21.8. The molecule has 206 valence electrons. The molecule has 1 aromatic carbocycles. The highest BCUT2D eigenvalue weighted by atomic mass is 32.1. The number of nitrogens with one attached hydrogen (secondary N) is 1. The molecule has 0 unspecified atom stereocenters. The van der Waals surface area contributed by atoms with Gasteiger partial charge in [-0.2, -0.15) is 0 Å². The van der Waals surface area contributed by atoms with E-state index in [1.54, 1.807) is 32.1 Å². The number of β-amino-alcohol motifs (C(OH)–C–C–N with tert-alkyl or cyclic N) is 1. The first-order valence-corrected chi connectivity index (χ1v) is 13.8. The zero-order valence-electron chi connectivity index (χ0n) is 22.4. The molecule has 0 spiro atoms. The Morgan fingerprint density at radius 3 is 2.39 bits per heavy atom. The third-order valence-electron chi connectivity index (χ3n) is 6.77. The Bertz CT molecular complexity index is 1150. The predicted molar refractivity (Wildman–Crippen MR) is 145 cm³/mol. The molecule has 1 fully saturated rings. The lowest BCUT2D eigenvalue weighted by molar-refractivity contribution is -0.144. The average Bonchev–Trinajstić information content (AvgIpc) is 3.46. The number of carbonyl (C=O) groups excluding carboxylic acids is 3. The number of aryl methyl sites for hydroxylation is 2. The van der Waals surface area contributed by atoms with Crippen LogP contribution in [0.1, 0.15) is 64.1 Å². The minimum absolute atomic E-state index is 0.0191. The van der Waals surface area contributed by atoms with E-state index in [1.165, 1.54) is 4.90 Å². The topological polar surface area (TPSA) is 137 Å². The van der Waals surface area contributed by atoms with Crippen molar-refractivity contribution in [3.05, 3.63) is 41.0 Å². The predicted octanol–water partition coefficient (Wildman–Crippen LogP) is 3.37. The first-order valence-electron chi connectivity index (χ1n) is 12.9. The number of aliphatic carboxylic acids is 1. The largest absolute Gasteiger partial charge is 0.481 e. The number of hydrogen-bond acceptors (Lipinski definition) is 7. The van der Waals surface area contributed by atoms with Crippen LogP contribution in [0.3, 0.4) is 0 Å². The number of carboxylic acids is 1. The molecule has 0 radical (unpaired) electrons. The van der Waals surface area contributed by atoms with Gasteiger partial charge in [0.2, 0.25) is 11.8 Å². The van der Waals surface area contributed by atoms with Gasteiger partial charge in [0.25, 0.3) is 0 Å². The summed E-state index contributed by atoms with van der Waals surface area (Å²) in [6.07, 6.45) is 0.347. The Kier molecular flexibility index (Phi) is 9.78. The molecule has 2 aromatic rings. The van der Waals surface area contributed by atoms with Gasteiger partial charge in [0, 0.05) is 25.8 Å². The number of aliphatic hydroxyl groups excluding tert-OH is 1. The lowest BCUT2D eigenvalue weighted by atomic mass is 9.85. The molecule has 0 aliphatic carbocycles. The number of carbonyl (C=O) groups is 4. The fourth-order valence-electron chi connectivity index (χ4n) is 4.67. The number of Topliss-reactive ketones (excluding diaryl/α,β-unsaturated/α-hetero) is 1. The molecule has 10 heteroatoms. The van der Waals surface area contributed by atoms with Crippen LogP contribution in [-0.4, -0.2) is 68.4 Å². The van der Waals surface area contributed by atoms with Gasteiger partial charge in [-0.3, -0.25) is 19.2 Å². The van der Waals surface area contributed by atoms with Gasteiger partial charge in [-0.15, -0.1) is 11.3 Å². The van der Waals surface area contributed by atoms with Crippen LogP contribution in [0.5, 0.6) is 0 Å². The highest BCUT2D eigenvalue weighted by molar-refractivity contribution is 7.13. The van der Waals surface area contributed by atoms with E-state index >= 15 is 0 Å². The fraction of sp³-hybridized carbons (Fsp3) is 0.536. The molecule has 0 saturated carbocycles. The molecule has 2 heterocycles. The lowest BCUT2D eigenvalue weighted by Crippen LogP contribution is -2.56. The van der Waals surface area contributed by atoms with E-state index in [1.807, 2.05) is 12.4 Å². The number of likely N-dealkylation sites (tertiary alicyclic amines) is 1. The van der Waals surface area contributed by atoms with Crippen LogP contribution >= 0.6 is 11.3 Å². The van der Waals surface area contributed by atoms with E-state index in [9.17, 15) is 24.3 Å². The van der Waals surface area contributed by atoms with Crippen LogP contribution in [0.2, 0.25) is 0 Å². The Labute approximate surface area is 227 Å². The summed E-state index contributed by atoms with van der Waals surface area (Å²) < 4.78 is 0. The smallest absolute Gasteiger partial charge is 0.303 e. The normalized spacial score (nSPS) is 18.3. The Morgan fingerprint density at radius 2 is 1.82 bits per heavy atom. The molecule has 3 atom stereocenters. The second-order valence-corrected chi connectivity index (χ2v) is 11.8. The first-order chi connectivity index (χ1) is 17.9. The van der Waals surface area contributed by atoms with Gasteiger partial charge in [0.1, 0.15) is 6.04 Å². The third kappa shape index (κ3) is 7.70. The quantitative estimate of drug-likeness (QED) is 0.395. The van der Waals surface area contributed by atoms with Crippen molar-refractivity contribution >= 4 is 34.9 Å². The van der Waals surface area contributed by atoms with Crippen molar-refractivity contribution < 1.29 is 29.4 Å². The number of hydrogen-bond donors (Lipinski definition) is 3. The molecule has 1 aliphatic rings. The Morgan fingerprint density at radius 1 is 1.13 bits per heavy atom. The maximum absolute atomic E-state index is 13.5. The first kappa shape index (κ1) is 29.4. The number of aromatic nitrogens is 1. The minimum atomic E-state index is -1.10. The minimum Gasteiger partial charge on any atom is -0.481 e. The SMILES string of the molecule is Cc1ncsc1-c1ccc(CCCC(=O)[C@@H]2C[C@@H](O)CN2C(=O)[C@@H](NC(=O)CCC(=O)O)C(C)(C)C)cc1. The van der Waals surface area contributed by atoms with E-state index < -0.39 is 41.4 Å². The molecule has 1 saturated heterocycles. The van der Waals surface area contributed by atoms with Crippen LogP contribution in [-0.2, 0) is 25.6 Å². The van der Waals surface area contributed by atoms with Crippen molar-refractivity contribution in [2.45, 2.75) is 84.4 Å². The molecule has 38 heavy (non-hydrogen) atoms. The number of carboxylic acid groups (broad SMARTS) is 1. The number of amides is 2. The van der Waals surface area contributed by atoms with Gasteiger partial charge >= 0.3 is 5.97 Å². The summed E-state index contributed by atoms with van der Waals surface area (Å²) in [6, 6.07) is 6.51. The molecular formula is C28H37N3O6S. The van der Waals surface area contributed by atoms with Crippen molar-refractivity contribution in [2.75, 3.05) is 6.54 Å². The maximum atomic E-state index is 13.5. The number of rotatable bonds is 11. The second kappa shape index (κ2) is 12.6. The van der Waals surface area contributed by atoms with Gasteiger partial charge in [0.15, 0.2) is 5.78 Å². The van der Waals surface area contributed by atoms with Gasteiger partial charge < -0.3 is 20.4 Å². The molecule has 3 N–H and O–H groups in total. The molecule has 2 amide bonds. The summed E-state index contributed by atoms with van der Waals surface area (Å²) in [5.74, 6) is -2.19. The van der Waals surface area contributed by atoms with Crippen LogP contribution in [0.25, 0.3) is 10.4 Å². The van der Waals surface area contributed by atoms with E-state index in [0.717, 1.165) is 21.7 Å². The van der Waals surface area contributed by atoms with Crippen molar-refractivity contribution in [3.8, 4) is 10.4 Å². The number of aliphatic hydroxyl groups is 1. The molecule has 3 rings (SSSR count). The summed E-state index contributed by atoms with van der Waals surface area (Å²) in [5.41, 5.74) is 4.37. The molecule has 1 aromatic heterocycles. The Hall–Kier alpha value is -3.11. The summed E-state index contributed by atoms with van der Waals surface area (Å²) in [6.45, 7) is 7.37. The number of benzene rings is 1. The summed E-state index contributed by atoms with van der Waals surface area (Å²) >= 11 is 1.60. The van der Waals surface area contributed by atoms with Crippen LogP contribution in [0.4, 0.5) is 0 Å². The maximum Gasteiger partial charge on any atom is 0.303 e. The van der Waals surface area contributed by atoms with Crippen molar-refractivity contribution in [2.24, 2.45) is 5.41 Å². The highest BCUT2D eigenvalue weighted by Gasteiger charge is 2.44. The zero-order valence-corrected chi connectivity index (χ0v) is 23.2. The molecule has 0 bridgehead atoms. The van der Waals surface area contributed by atoms with E-state index in [0.29, 0.717) is 12.8 Å². The zero-order chi connectivity index (χ0) is 28.0. The van der Waals surface area contributed by atoms with Crippen molar-refractivity contribution in [1.82, 2.24) is 15.2 Å². The molecule has 1 aliphatic heterocycles. The van der Waals surface area contributed by atoms with Crippen molar-refractivity contribution in [3.63, 3.8) is 0 Å².